The number of hydrogen-bond acceptors (Lipinski definition) is 3. The zero-order valence-electron chi connectivity index (χ0n) is 10.5. The second kappa shape index (κ2) is 6.02. The van der Waals surface area contributed by atoms with Gasteiger partial charge in [-0.3, -0.25) is 0 Å². The first-order valence-corrected chi connectivity index (χ1v) is 7.32. The summed E-state index contributed by atoms with van der Waals surface area (Å²) < 4.78 is 25.6. The Bertz CT molecular complexity index is 453. The van der Waals surface area contributed by atoms with Crippen LogP contribution in [0.2, 0.25) is 0 Å². The maximum absolute atomic E-state index is 11.6. The van der Waals surface area contributed by atoms with Crippen LogP contribution in [0.15, 0.2) is 29.2 Å². The highest BCUT2D eigenvalue weighted by Crippen LogP contribution is 2.17. The van der Waals surface area contributed by atoms with Gasteiger partial charge in [0, 0.05) is 11.7 Å². The summed E-state index contributed by atoms with van der Waals surface area (Å²) >= 11 is 0. The third-order valence-electron chi connectivity index (χ3n) is 2.77. The summed E-state index contributed by atoms with van der Waals surface area (Å²) in [6.07, 6.45) is 2.03. The van der Waals surface area contributed by atoms with Gasteiger partial charge in [0.1, 0.15) is 0 Å². The molecule has 1 aromatic rings. The molecule has 0 saturated heterocycles. The van der Waals surface area contributed by atoms with E-state index < -0.39 is 10.0 Å². The van der Waals surface area contributed by atoms with Gasteiger partial charge in [-0.05, 0) is 38.1 Å². The van der Waals surface area contributed by atoms with E-state index in [0.29, 0.717) is 6.04 Å². The summed E-state index contributed by atoms with van der Waals surface area (Å²) in [7, 11) is -1.95. The Morgan fingerprint density at radius 2 is 1.88 bits per heavy atom. The van der Waals surface area contributed by atoms with Gasteiger partial charge in [-0.25, -0.2) is 13.1 Å². The summed E-state index contributed by atoms with van der Waals surface area (Å²) in [6, 6.07) is 7.25. The number of benzene rings is 1. The zero-order valence-corrected chi connectivity index (χ0v) is 11.3. The first kappa shape index (κ1) is 14.0. The van der Waals surface area contributed by atoms with Crippen molar-refractivity contribution in [3.05, 3.63) is 24.3 Å². The minimum atomic E-state index is -3.36. The Hall–Kier alpha value is -1.07. The van der Waals surface area contributed by atoms with E-state index in [1.165, 1.54) is 7.05 Å². The second-order valence-corrected chi connectivity index (χ2v) is 5.78. The highest BCUT2D eigenvalue weighted by atomic mass is 32.2. The van der Waals surface area contributed by atoms with E-state index in [1.807, 2.05) is 6.07 Å². The van der Waals surface area contributed by atoms with Gasteiger partial charge < -0.3 is 5.32 Å². The molecular weight excluding hydrogens is 236 g/mol. The Kier molecular flexibility index (Phi) is 4.96. The molecule has 0 fully saturated rings. The Morgan fingerprint density at radius 1 is 1.24 bits per heavy atom. The van der Waals surface area contributed by atoms with E-state index in [1.54, 1.807) is 18.2 Å². The van der Waals surface area contributed by atoms with Crippen LogP contribution in [0.3, 0.4) is 0 Å². The molecule has 0 saturated carbocycles. The minimum Gasteiger partial charge on any atom is -0.382 e. The number of anilines is 1. The molecule has 4 nitrogen and oxygen atoms in total. The molecule has 0 radical (unpaired) electrons. The van der Waals surface area contributed by atoms with Crippen LogP contribution < -0.4 is 10.0 Å². The van der Waals surface area contributed by atoms with Crippen LogP contribution in [-0.2, 0) is 10.0 Å². The van der Waals surface area contributed by atoms with Crippen LogP contribution in [0.4, 0.5) is 5.69 Å². The quantitative estimate of drug-likeness (QED) is 0.820. The third-order valence-corrected chi connectivity index (χ3v) is 4.18. The lowest BCUT2D eigenvalue weighted by atomic mass is 10.1. The fourth-order valence-corrected chi connectivity index (χ4v) is 2.37. The number of nitrogens with one attached hydrogen (secondary N) is 2. The van der Waals surface area contributed by atoms with Crippen LogP contribution in [0.25, 0.3) is 0 Å². The van der Waals surface area contributed by atoms with Crippen LogP contribution in [0, 0.1) is 0 Å². The topological polar surface area (TPSA) is 58.2 Å². The van der Waals surface area contributed by atoms with E-state index in [9.17, 15) is 8.42 Å². The largest absolute Gasteiger partial charge is 0.382 e. The molecule has 0 unspecified atom stereocenters. The van der Waals surface area contributed by atoms with Crippen molar-refractivity contribution in [2.75, 3.05) is 12.4 Å². The first-order chi connectivity index (χ1) is 8.03. The fraction of sp³-hybridized carbons (Fsp3) is 0.500. The summed E-state index contributed by atoms with van der Waals surface area (Å²) in [5.41, 5.74) is 0.843. The molecule has 0 atom stereocenters. The molecule has 0 bridgehead atoms. The second-order valence-electron chi connectivity index (χ2n) is 3.89. The van der Waals surface area contributed by atoms with Crippen LogP contribution >= 0.6 is 0 Å². The molecule has 0 aliphatic carbocycles. The molecule has 0 amide bonds. The molecule has 0 aliphatic rings. The Morgan fingerprint density at radius 3 is 2.41 bits per heavy atom. The SMILES string of the molecule is CCC(CC)Nc1cccc(S(=O)(=O)NC)c1. The molecule has 1 rings (SSSR count). The smallest absolute Gasteiger partial charge is 0.240 e. The van der Waals surface area contributed by atoms with E-state index >= 15 is 0 Å². The van der Waals surface area contributed by atoms with E-state index in [4.69, 9.17) is 0 Å². The summed E-state index contributed by atoms with van der Waals surface area (Å²) in [4.78, 5) is 0.288. The van der Waals surface area contributed by atoms with Crippen molar-refractivity contribution in [2.45, 2.75) is 37.6 Å². The molecule has 0 aromatic heterocycles. The van der Waals surface area contributed by atoms with Crippen molar-refractivity contribution >= 4 is 15.7 Å². The van der Waals surface area contributed by atoms with Gasteiger partial charge in [0.25, 0.3) is 0 Å². The lowest BCUT2D eigenvalue weighted by Crippen LogP contribution is -2.20. The monoisotopic (exact) mass is 256 g/mol. The van der Waals surface area contributed by atoms with Gasteiger partial charge in [-0.1, -0.05) is 19.9 Å². The minimum absolute atomic E-state index is 0.288. The number of rotatable bonds is 6. The lowest BCUT2D eigenvalue weighted by Gasteiger charge is -2.16. The fourth-order valence-electron chi connectivity index (χ4n) is 1.60. The van der Waals surface area contributed by atoms with Gasteiger partial charge in [-0.15, -0.1) is 0 Å². The number of sulfonamides is 1. The van der Waals surface area contributed by atoms with Gasteiger partial charge in [0.05, 0.1) is 4.90 Å². The maximum atomic E-state index is 11.6. The lowest BCUT2D eigenvalue weighted by molar-refractivity contribution is 0.588. The third kappa shape index (κ3) is 3.71. The zero-order chi connectivity index (χ0) is 12.9. The number of hydrogen-bond donors (Lipinski definition) is 2. The summed E-state index contributed by atoms with van der Waals surface area (Å²) in [5, 5.41) is 3.32. The molecule has 0 spiro atoms. The summed E-state index contributed by atoms with van der Waals surface area (Å²) in [6.45, 7) is 4.21. The van der Waals surface area contributed by atoms with Crippen molar-refractivity contribution in [2.24, 2.45) is 0 Å². The molecule has 0 aliphatic heterocycles. The van der Waals surface area contributed by atoms with Crippen molar-refractivity contribution < 1.29 is 8.42 Å². The predicted octanol–water partition coefficient (Wildman–Crippen LogP) is 2.20. The average Bonchev–Trinajstić information content (AvgIpc) is 2.36. The normalized spacial score (nSPS) is 11.8. The molecular formula is C12H20N2O2S. The van der Waals surface area contributed by atoms with Crippen LogP contribution in [0.5, 0.6) is 0 Å². The first-order valence-electron chi connectivity index (χ1n) is 5.83. The molecule has 17 heavy (non-hydrogen) atoms. The summed E-state index contributed by atoms with van der Waals surface area (Å²) in [5.74, 6) is 0. The van der Waals surface area contributed by atoms with Gasteiger partial charge in [0.2, 0.25) is 10.0 Å². The Balaban J connectivity index is 2.94. The molecule has 96 valence electrons. The van der Waals surface area contributed by atoms with Crippen molar-refractivity contribution in [1.29, 1.82) is 0 Å². The van der Waals surface area contributed by atoms with Gasteiger partial charge >= 0.3 is 0 Å². The maximum Gasteiger partial charge on any atom is 0.240 e. The Labute approximate surface area is 103 Å². The van der Waals surface area contributed by atoms with Crippen LogP contribution in [-0.4, -0.2) is 21.5 Å². The molecule has 0 heterocycles. The molecule has 2 N–H and O–H groups in total. The van der Waals surface area contributed by atoms with Gasteiger partial charge in [0.15, 0.2) is 0 Å². The van der Waals surface area contributed by atoms with E-state index in [0.717, 1.165) is 18.5 Å². The highest BCUT2D eigenvalue weighted by Gasteiger charge is 2.12. The highest BCUT2D eigenvalue weighted by molar-refractivity contribution is 7.89. The van der Waals surface area contributed by atoms with Crippen molar-refractivity contribution in [3.63, 3.8) is 0 Å². The average molecular weight is 256 g/mol. The van der Waals surface area contributed by atoms with Gasteiger partial charge in [-0.2, -0.15) is 0 Å². The van der Waals surface area contributed by atoms with E-state index in [-0.39, 0.29) is 4.90 Å². The van der Waals surface area contributed by atoms with Crippen LogP contribution in [0.1, 0.15) is 26.7 Å². The predicted molar refractivity (Wildman–Crippen MR) is 70.7 cm³/mol. The van der Waals surface area contributed by atoms with Crippen molar-refractivity contribution in [3.8, 4) is 0 Å². The molecule has 5 heteroatoms. The van der Waals surface area contributed by atoms with Crippen molar-refractivity contribution in [1.82, 2.24) is 4.72 Å². The molecule has 1 aromatic carbocycles. The van der Waals surface area contributed by atoms with E-state index in [2.05, 4.69) is 23.9 Å². The standard InChI is InChI=1S/C12H20N2O2S/c1-4-10(5-2)14-11-7-6-8-12(9-11)17(15,16)13-3/h6-10,13-14H,4-5H2,1-3H3.